The van der Waals surface area contributed by atoms with Crippen LogP contribution in [-0.4, -0.2) is 38.3 Å². The molecule has 0 aromatic heterocycles. The van der Waals surface area contributed by atoms with E-state index < -0.39 is 15.9 Å². The van der Waals surface area contributed by atoms with Crippen LogP contribution in [0.1, 0.15) is 42.1 Å². The van der Waals surface area contributed by atoms with Gasteiger partial charge in [-0.1, -0.05) is 18.6 Å². The third kappa shape index (κ3) is 4.76. The predicted octanol–water partition coefficient (Wildman–Crippen LogP) is 3.33. The second-order valence-corrected chi connectivity index (χ2v) is 8.99. The molecule has 1 heterocycles. The van der Waals surface area contributed by atoms with Gasteiger partial charge in [0.05, 0.1) is 7.11 Å². The number of carbonyl (C=O) groups excluding carboxylic acids is 1. The van der Waals surface area contributed by atoms with Gasteiger partial charge in [-0.25, -0.2) is 12.8 Å². The number of sulfonamides is 1. The van der Waals surface area contributed by atoms with Crippen molar-refractivity contribution in [1.82, 2.24) is 9.62 Å². The van der Waals surface area contributed by atoms with E-state index >= 15 is 0 Å². The predicted molar refractivity (Wildman–Crippen MR) is 108 cm³/mol. The zero-order chi connectivity index (χ0) is 21.0. The van der Waals surface area contributed by atoms with E-state index in [1.807, 2.05) is 6.92 Å². The average molecular weight is 421 g/mol. The molecule has 0 aliphatic carbocycles. The standard InChI is InChI=1S/C21H25FN2O4S/c1-15-5-3-4-12-24(15)29(26,27)20-13-17(8-11-19(20)28-2)21(25)23-14-16-6-9-18(22)10-7-16/h6-11,13,15H,3-5,12,14H2,1-2H3,(H,23,25)/t15-/m0/s1. The minimum absolute atomic E-state index is 0.0109. The fourth-order valence-corrected chi connectivity index (χ4v) is 5.34. The third-order valence-corrected chi connectivity index (χ3v) is 7.16. The normalized spacial score (nSPS) is 17.7. The van der Waals surface area contributed by atoms with Crippen LogP contribution in [0, 0.1) is 5.82 Å². The summed E-state index contributed by atoms with van der Waals surface area (Å²) in [6.45, 7) is 2.55. The second kappa shape index (κ2) is 8.92. The summed E-state index contributed by atoms with van der Waals surface area (Å²) in [5, 5.41) is 2.73. The van der Waals surface area contributed by atoms with Crippen LogP contribution in [0.4, 0.5) is 4.39 Å². The van der Waals surface area contributed by atoms with E-state index in [-0.39, 0.29) is 34.6 Å². The largest absolute Gasteiger partial charge is 0.495 e. The molecule has 1 amide bonds. The van der Waals surface area contributed by atoms with E-state index in [0.29, 0.717) is 6.54 Å². The maximum Gasteiger partial charge on any atom is 0.251 e. The van der Waals surface area contributed by atoms with E-state index in [9.17, 15) is 17.6 Å². The highest BCUT2D eigenvalue weighted by molar-refractivity contribution is 7.89. The lowest BCUT2D eigenvalue weighted by atomic mass is 10.1. The molecule has 156 valence electrons. The van der Waals surface area contributed by atoms with Gasteiger partial charge in [0.2, 0.25) is 10.0 Å². The maximum absolute atomic E-state index is 13.2. The van der Waals surface area contributed by atoms with Gasteiger partial charge in [0.1, 0.15) is 16.5 Å². The first-order valence-electron chi connectivity index (χ1n) is 9.55. The number of nitrogens with one attached hydrogen (secondary N) is 1. The summed E-state index contributed by atoms with van der Waals surface area (Å²) in [5.41, 5.74) is 0.958. The van der Waals surface area contributed by atoms with Crippen molar-refractivity contribution in [3.63, 3.8) is 0 Å². The number of amides is 1. The quantitative estimate of drug-likeness (QED) is 0.778. The summed E-state index contributed by atoms with van der Waals surface area (Å²) in [7, 11) is -2.39. The topological polar surface area (TPSA) is 75.7 Å². The Morgan fingerprint density at radius 3 is 2.59 bits per heavy atom. The van der Waals surface area contributed by atoms with Gasteiger partial charge in [0, 0.05) is 24.7 Å². The van der Waals surface area contributed by atoms with Crippen LogP contribution in [-0.2, 0) is 16.6 Å². The van der Waals surface area contributed by atoms with Gasteiger partial charge in [-0.2, -0.15) is 4.31 Å². The second-order valence-electron chi connectivity index (χ2n) is 7.14. The summed E-state index contributed by atoms with van der Waals surface area (Å²) >= 11 is 0. The highest BCUT2D eigenvalue weighted by Gasteiger charge is 2.33. The highest BCUT2D eigenvalue weighted by Crippen LogP contribution is 2.31. The average Bonchev–Trinajstić information content (AvgIpc) is 2.72. The fourth-order valence-electron chi connectivity index (χ4n) is 3.46. The van der Waals surface area contributed by atoms with Crippen molar-refractivity contribution in [2.45, 2.75) is 43.7 Å². The first kappa shape index (κ1) is 21.3. The van der Waals surface area contributed by atoms with Crippen LogP contribution in [0.15, 0.2) is 47.4 Å². The molecule has 0 spiro atoms. The summed E-state index contributed by atoms with van der Waals surface area (Å²) in [5.74, 6) is -0.560. The van der Waals surface area contributed by atoms with Crippen LogP contribution >= 0.6 is 0 Å². The highest BCUT2D eigenvalue weighted by atomic mass is 32.2. The van der Waals surface area contributed by atoms with Gasteiger partial charge in [0.25, 0.3) is 5.91 Å². The first-order chi connectivity index (χ1) is 13.8. The van der Waals surface area contributed by atoms with E-state index in [0.717, 1.165) is 24.8 Å². The number of carbonyl (C=O) groups is 1. The molecule has 29 heavy (non-hydrogen) atoms. The number of methoxy groups -OCH3 is 1. The molecule has 1 atom stereocenters. The van der Waals surface area contributed by atoms with Crippen molar-refractivity contribution in [2.24, 2.45) is 0 Å². The lowest BCUT2D eigenvalue weighted by Gasteiger charge is -2.32. The summed E-state index contributed by atoms with van der Waals surface area (Å²) in [6.07, 6.45) is 2.61. The summed E-state index contributed by atoms with van der Waals surface area (Å²) < 4.78 is 46.2. The Kier molecular flexibility index (Phi) is 6.54. The number of rotatable bonds is 6. The SMILES string of the molecule is COc1ccc(C(=O)NCc2ccc(F)cc2)cc1S(=O)(=O)N1CCCC[C@@H]1C. The van der Waals surface area contributed by atoms with E-state index in [4.69, 9.17) is 4.74 Å². The molecule has 1 aliphatic heterocycles. The monoisotopic (exact) mass is 420 g/mol. The lowest BCUT2D eigenvalue weighted by Crippen LogP contribution is -2.42. The van der Waals surface area contributed by atoms with E-state index in [1.165, 1.54) is 41.7 Å². The van der Waals surface area contributed by atoms with Crippen LogP contribution in [0.3, 0.4) is 0 Å². The van der Waals surface area contributed by atoms with Gasteiger partial charge in [-0.3, -0.25) is 4.79 Å². The van der Waals surface area contributed by atoms with Crippen LogP contribution in [0.2, 0.25) is 0 Å². The minimum atomic E-state index is -3.80. The molecule has 0 bridgehead atoms. The van der Waals surface area contributed by atoms with E-state index in [2.05, 4.69) is 5.32 Å². The van der Waals surface area contributed by atoms with Gasteiger partial charge in [0.15, 0.2) is 0 Å². The Bertz CT molecular complexity index is 977. The molecular formula is C21H25FN2O4S. The molecule has 0 radical (unpaired) electrons. The van der Waals surface area contributed by atoms with Crippen molar-refractivity contribution in [1.29, 1.82) is 0 Å². The Labute approximate surface area is 170 Å². The number of benzene rings is 2. The van der Waals surface area contributed by atoms with Crippen LogP contribution in [0.25, 0.3) is 0 Å². The Hall–Kier alpha value is -2.45. The molecule has 3 rings (SSSR count). The molecule has 1 N–H and O–H groups in total. The first-order valence-corrected chi connectivity index (χ1v) is 11.0. The van der Waals surface area contributed by atoms with Crippen LogP contribution in [0.5, 0.6) is 5.75 Å². The fraction of sp³-hybridized carbons (Fsp3) is 0.381. The number of hydrogen-bond acceptors (Lipinski definition) is 4. The van der Waals surface area contributed by atoms with E-state index in [1.54, 1.807) is 12.1 Å². The zero-order valence-corrected chi connectivity index (χ0v) is 17.3. The molecule has 0 unspecified atom stereocenters. The van der Waals surface area contributed by atoms with Gasteiger partial charge in [-0.15, -0.1) is 0 Å². The van der Waals surface area contributed by atoms with Crippen molar-refractivity contribution < 1.29 is 22.3 Å². The molecule has 0 saturated carbocycles. The number of halogens is 1. The number of piperidine rings is 1. The van der Waals surface area contributed by atoms with Crippen molar-refractivity contribution >= 4 is 15.9 Å². The number of ether oxygens (including phenoxy) is 1. The van der Waals surface area contributed by atoms with Gasteiger partial charge >= 0.3 is 0 Å². The summed E-state index contributed by atoms with van der Waals surface area (Å²) in [4.78, 5) is 12.6. The molecule has 6 nitrogen and oxygen atoms in total. The van der Waals surface area contributed by atoms with Crippen molar-refractivity contribution in [3.05, 3.63) is 59.4 Å². The van der Waals surface area contributed by atoms with Crippen LogP contribution < -0.4 is 10.1 Å². The van der Waals surface area contributed by atoms with Gasteiger partial charge < -0.3 is 10.1 Å². The zero-order valence-electron chi connectivity index (χ0n) is 16.5. The molecule has 8 heteroatoms. The smallest absolute Gasteiger partial charge is 0.251 e. The van der Waals surface area contributed by atoms with Crippen molar-refractivity contribution in [3.8, 4) is 5.75 Å². The number of hydrogen-bond donors (Lipinski definition) is 1. The third-order valence-electron chi connectivity index (χ3n) is 5.12. The minimum Gasteiger partial charge on any atom is -0.495 e. The molecule has 1 aliphatic rings. The summed E-state index contributed by atoms with van der Waals surface area (Å²) in [6, 6.07) is 10.1. The molecule has 1 saturated heterocycles. The molecule has 1 fully saturated rings. The molecule has 2 aromatic rings. The van der Waals surface area contributed by atoms with Crippen molar-refractivity contribution in [2.75, 3.05) is 13.7 Å². The maximum atomic E-state index is 13.2. The lowest BCUT2D eigenvalue weighted by molar-refractivity contribution is 0.0950. The Morgan fingerprint density at radius 2 is 1.93 bits per heavy atom. The Morgan fingerprint density at radius 1 is 1.21 bits per heavy atom. The molecular weight excluding hydrogens is 395 g/mol. The van der Waals surface area contributed by atoms with Gasteiger partial charge in [-0.05, 0) is 55.7 Å². The molecule has 2 aromatic carbocycles. The number of nitrogens with zero attached hydrogens (tertiary/aromatic N) is 1. The Balaban J connectivity index is 1.84.